The molecule has 0 aromatic heterocycles. The van der Waals surface area contributed by atoms with Gasteiger partial charge < -0.3 is 10.0 Å². The minimum Gasteiger partial charge on any atom is -0.396 e. The topological polar surface area (TPSA) is 23.5 Å². The number of hydrogen-bond acceptors (Lipinski definition) is 2. The Balaban J connectivity index is 2.28. The van der Waals surface area contributed by atoms with E-state index in [1.54, 1.807) is 0 Å². The molecule has 1 saturated carbocycles. The summed E-state index contributed by atoms with van der Waals surface area (Å²) >= 11 is 0. The van der Waals surface area contributed by atoms with Gasteiger partial charge in [0.25, 0.3) is 0 Å². The zero-order valence-electron chi connectivity index (χ0n) is 8.51. The molecule has 2 nitrogen and oxygen atoms in total. The molecule has 0 radical (unpaired) electrons. The molecule has 1 aliphatic carbocycles. The molecule has 0 aromatic rings. The zero-order valence-corrected chi connectivity index (χ0v) is 8.51. The van der Waals surface area contributed by atoms with E-state index >= 15 is 0 Å². The Kier molecular flexibility index (Phi) is 3.13. The second-order valence-electron chi connectivity index (χ2n) is 4.60. The van der Waals surface area contributed by atoms with E-state index in [2.05, 4.69) is 25.8 Å². The molecule has 0 bridgehead atoms. The van der Waals surface area contributed by atoms with Crippen molar-refractivity contribution in [3.05, 3.63) is 0 Å². The highest BCUT2D eigenvalue weighted by atomic mass is 16.3. The predicted molar refractivity (Wildman–Crippen MR) is 51.1 cm³/mol. The van der Waals surface area contributed by atoms with Crippen molar-refractivity contribution in [1.82, 2.24) is 4.90 Å². The van der Waals surface area contributed by atoms with Crippen molar-refractivity contribution in [2.24, 2.45) is 5.41 Å². The van der Waals surface area contributed by atoms with Crippen LogP contribution in [0.15, 0.2) is 0 Å². The summed E-state index contributed by atoms with van der Waals surface area (Å²) in [7, 11) is 2.17. The molecule has 1 atom stereocenters. The van der Waals surface area contributed by atoms with Crippen molar-refractivity contribution < 1.29 is 5.11 Å². The summed E-state index contributed by atoms with van der Waals surface area (Å²) < 4.78 is 0. The molecule has 1 unspecified atom stereocenters. The average molecular weight is 171 g/mol. The van der Waals surface area contributed by atoms with Crippen molar-refractivity contribution in [2.45, 2.75) is 39.2 Å². The number of nitrogens with zero attached hydrogens (tertiary/aromatic N) is 1. The molecule has 1 rings (SSSR count). The Morgan fingerprint density at radius 2 is 2.17 bits per heavy atom. The molecule has 72 valence electrons. The summed E-state index contributed by atoms with van der Waals surface area (Å²) in [4.78, 5) is 2.39. The fourth-order valence-electron chi connectivity index (χ4n) is 2.14. The molecule has 0 aliphatic heterocycles. The van der Waals surface area contributed by atoms with Gasteiger partial charge in [-0.05, 0) is 31.7 Å². The average Bonchev–Trinajstić information content (AvgIpc) is 1.99. The first kappa shape index (κ1) is 10.0. The quantitative estimate of drug-likeness (QED) is 0.692. The maximum absolute atomic E-state index is 8.69. The first-order valence-electron chi connectivity index (χ1n) is 4.89. The lowest BCUT2D eigenvalue weighted by Crippen LogP contribution is -2.51. The van der Waals surface area contributed by atoms with Crippen molar-refractivity contribution in [3.63, 3.8) is 0 Å². The third kappa shape index (κ3) is 1.99. The van der Waals surface area contributed by atoms with E-state index in [4.69, 9.17) is 5.11 Å². The van der Waals surface area contributed by atoms with Gasteiger partial charge in [0.1, 0.15) is 0 Å². The van der Waals surface area contributed by atoms with Crippen LogP contribution >= 0.6 is 0 Å². The molecule has 0 heterocycles. The van der Waals surface area contributed by atoms with Gasteiger partial charge in [0.05, 0.1) is 0 Å². The van der Waals surface area contributed by atoms with Gasteiger partial charge in [0, 0.05) is 19.2 Å². The van der Waals surface area contributed by atoms with Gasteiger partial charge >= 0.3 is 0 Å². The lowest BCUT2D eigenvalue weighted by Gasteiger charge is -2.49. The van der Waals surface area contributed by atoms with Crippen LogP contribution in [0.2, 0.25) is 0 Å². The number of aliphatic hydroxyl groups excluding tert-OH is 1. The fourth-order valence-corrected chi connectivity index (χ4v) is 2.14. The summed E-state index contributed by atoms with van der Waals surface area (Å²) in [5.74, 6) is 0. The molecule has 0 spiro atoms. The van der Waals surface area contributed by atoms with Crippen LogP contribution in [0.3, 0.4) is 0 Å². The van der Waals surface area contributed by atoms with Gasteiger partial charge in [-0.1, -0.05) is 13.8 Å². The smallest absolute Gasteiger partial charge is 0.0443 e. The van der Waals surface area contributed by atoms with Gasteiger partial charge in [-0.25, -0.2) is 0 Å². The standard InChI is InChI=1S/C10H21NO/c1-10(2)6-5-9(10)11(3)7-4-8-12/h9,12H,4-8H2,1-3H3. The van der Waals surface area contributed by atoms with E-state index in [0.29, 0.717) is 12.0 Å². The van der Waals surface area contributed by atoms with Crippen LogP contribution in [0.4, 0.5) is 0 Å². The molecule has 2 heteroatoms. The lowest BCUT2D eigenvalue weighted by atomic mass is 9.66. The monoisotopic (exact) mass is 171 g/mol. The van der Waals surface area contributed by atoms with Crippen molar-refractivity contribution in [2.75, 3.05) is 20.2 Å². The molecular formula is C10H21NO. The fraction of sp³-hybridized carbons (Fsp3) is 1.00. The maximum atomic E-state index is 8.69. The Morgan fingerprint density at radius 3 is 2.50 bits per heavy atom. The van der Waals surface area contributed by atoms with Crippen molar-refractivity contribution in [3.8, 4) is 0 Å². The maximum Gasteiger partial charge on any atom is 0.0443 e. The summed E-state index contributed by atoms with van der Waals surface area (Å²) in [5.41, 5.74) is 0.504. The number of aliphatic hydroxyl groups is 1. The summed E-state index contributed by atoms with van der Waals surface area (Å²) in [5, 5.41) is 8.69. The first-order chi connectivity index (χ1) is 5.58. The number of hydrogen-bond donors (Lipinski definition) is 1. The molecule has 1 aliphatic rings. The van der Waals surface area contributed by atoms with Gasteiger partial charge in [0.2, 0.25) is 0 Å². The molecule has 0 aromatic carbocycles. The predicted octanol–water partition coefficient (Wildman–Crippen LogP) is 1.49. The Labute approximate surface area is 75.6 Å². The second-order valence-corrected chi connectivity index (χ2v) is 4.60. The van der Waals surface area contributed by atoms with Gasteiger partial charge in [-0.3, -0.25) is 0 Å². The highest BCUT2D eigenvalue weighted by molar-refractivity contribution is 4.94. The van der Waals surface area contributed by atoms with E-state index in [-0.39, 0.29) is 0 Å². The van der Waals surface area contributed by atoms with Crippen LogP contribution in [0, 0.1) is 5.41 Å². The van der Waals surface area contributed by atoms with Crippen LogP contribution < -0.4 is 0 Å². The third-order valence-corrected chi connectivity index (χ3v) is 3.17. The molecule has 1 N–H and O–H groups in total. The summed E-state index contributed by atoms with van der Waals surface area (Å²) in [6.45, 7) is 6.01. The SMILES string of the molecule is CN(CCCO)C1CCC1(C)C. The van der Waals surface area contributed by atoms with Crippen LogP contribution in [0.25, 0.3) is 0 Å². The third-order valence-electron chi connectivity index (χ3n) is 3.17. The molecule has 0 saturated heterocycles. The van der Waals surface area contributed by atoms with E-state index in [1.807, 2.05) is 0 Å². The summed E-state index contributed by atoms with van der Waals surface area (Å²) in [6, 6.07) is 0.740. The highest BCUT2D eigenvalue weighted by Gasteiger charge is 2.40. The second kappa shape index (κ2) is 3.75. The van der Waals surface area contributed by atoms with Gasteiger partial charge in [-0.2, -0.15) is 0 Å². The van der Waals surface area contributed by atoms with Gasteiger partial charge in [0.15, 0.2) is 0 Å². The zero-order chi connectivity index (χ0) is 9.19. The molecule has 1 fully saturated rings. The Hall–Kier alpha value is -0.0800. The molecule has 12 heavy (non-hydrogen) atoms. The molecule has 0 amide bonds. The summed E-state index contributed by atoms with van der Waals surface area (Å²) in [6.07, 6.45) is 3.58. The first-order valence-corrected chi connectivity index (χ1v) is 4.89. The van der Waals surface area contributed by atoms with Crippen molar-refractivity contribution >= 4 is 0 Å². The van der Waals surface area contributed by atoms with Crippen molar-refractivity contribution in [1.29, 1.82) is 0 Å². The van der Waals surface area contributed by atoms with Crippen LogP contribution in [0.1, 0.15) is 33.1 Å². The number of rotatable bonds is 4. The van der Waals surface area contributed by atoms with E-state index in [9.17, 15) is 0 Å². The van der Waals surface area contributed by atoms with E-state index in [0.717, 1.165) is 19.0 Å². The normalized spacial score (nSPS) is 27.2. The van der Waals surface area contributed by atoms with Crippen LogP contribution in [-0.2, 0) is 0 Å². The van der Waals surface area contributed by atoms with Crippen LogP contribution in [0.5, 0.6) is 0 Å². The van der Waals surface area contributed by atoms with E-state index < -0.39 is 0 Å². The van der Waals surface area contributed by atoms with Gasteiger partial charge in [-0.15, -0.1) is 0 Å². The largest absolute Gasteiger partial charge is 0.396 e. The minimum absolute atomic E-state index is 0.317. The Bertz CT molecular complexity index is 145. The lowest BCUT2D eigenvalue weighted by molar-refractivity contribution is 0.0133. The Morgan fingerprint density at radius 1 is 1.50 bits per heavy atom. The minimum atomic E-state index is 0.317. The highest BCUT2D eigenvalue weighted by Crippen LogP contribution is 2.42. The molecular weight excluding hydrogens is 150 g/mol. The van der Waals surface area contributed by atoms with Crippen LogP contribution in [-0.4, -0.2) is 36.2 Å². The van der Waals surface area contributed by atoms with E-state index in [1.165, 1.54) is 12.8 Å².